The maximum atomic E-state index is 14.7. The lowest BCUT2D eigenvalue weighted by Crippen LogP contribution is -2.65. The van der Waals surface area contributed by atoms with E-state index < -0.39 is 41.5 Å². The number of esters is 1. The summed E-state index contributed by atoms with van der Waals surface area (Å²) in [6, 6.07) is 10.8. The number of aryl methyl sites for hydroxylation is 1. The number of aromatic nitrogens is 3. The predicted molar refractivity (Wildman–Crippen MR) is 190 cm³/mol. The molecular weight excluding hydrogens is 699 g/mol. The maximum Gasteiger partial charge on any atom is 0.408 e. The number of aromatic amines is 1. The first-order chi connectivity index (χ1) is 24.4. The molecule has 13 nitrogen and oxygen atoms in total. The first kappa shape index (κ1) is 37.6. The number of rotatable bonds is 13. The minimum Gasteiger partial charge on any atom is -0.463 e. The van der Waals surface area contributed by atoms with Crippen LogP contribution in [0.15, 0.2) is 47.0 Å². The second-order valence-corrected chi connectivity index (χ2v) is 13.8. The van der Waals surface area contributed by atoms with Gasteiger partial charge in [0.1, 0.15) is 24.2 Å². The van der Waals surface area contributed by atoms with Crippen LogP contribution in [0.1, 0.15) is 86.3 Å². The van der Waals surface area contributed by atoms with Crippen molar-refractivity contribution in [3.63, 3.8) is 0 Å². The highest BCUT2D eigenvalue weighted by Gasteiger charge is 2.47. The molecule has 5 rings (SSSR count). The largest absolute Gasteiger partial charge is 0.463 e. The van der Waals surface area contributed by atoms with Crippen molar-refractivity contribution in [2.45, 2.75) is 84.0 Å². The predicted octanol–water partition coefficient (Wildman–Crippen LogP) is 6.23. The van der Waals surface area contributed by atoms with Gasteiger partial charge in [-0.2, -0.15) is 4.98 Å². The zero-order valence-corrected chi connectivity index (χ0v) is 30.6. The molecule has 0 saturated carbocycles. The topological polar surface area (TPSA) is 178 Å². The van der Waals surface area contributed by atoms with Crippen LogP contribution in [0.4, 0.5) is 4.79 Å². The third-order valence-corrected chi connectivity index (χ3v) is 10.2. The molecule has 2 aromatic carbocycles. The molecule has 3 unspecified atom stereocenters. The number of nitrogens with zero attached hydrogens (tertiary/aromatic N) is 2. The average molecular weight is 742 g/mol. The number of alkyl carbamates (subject to hydrolysis) is 1. The van der Waals surface area contributed by atoms with Gasteiger partial charge in [0.2, 0.25) is 17.7 Å². The zero-order valence-electron chi connectivity index (χ0n) is 29.1. The number of hydrogen-bond donors (Lipinski definition) is 4. The fraction of sp³-hybridized carbons (Fsp3) is 0.444. The van der Waals surface area contributed by atoms with Crippen LogP contribution in [0.5, 0.6) is 0 Å². The zero-order chi connectivity index (χ0) is 36.9. The van der Waals surface area contributed by atoms with Gasteiger partial charge in [-0.05, 0) is 53.1 Å². The summed E-state index contributed by atoms with van der Waals surface area (Å²) in [6.07, 6.45) is 1.05. The number of ether oxygens (including phenoxy) is 2. The third-order valence-electron chi connectivity index (χ3n) is 9.65. The van der Waals surface area contributed by atoms with Gasteiger partial charge in [-0.15, -0.1) is 0 Å². The molecular formula is C36H42Cl2N6O7. The maximum absolute atomic E-state index is 14.7. The summed E-state index contributed by atoms with van der Waals surface area (Å²) in [5.41, 5.74) is 1.60. The molecule has 0 spiro atoms. The number of H-pyrrole nitrogens is 1. The lowest BCUT2D eigenvalue weighted by atomic mass is 9.78. The molecule has 4 N–H and O–H groups in total. The quantitative estimate of drug-likeness (QED) is 0.116. The van der Waals surface area contributed by atoms with Crippen molar-refractivity contribution in [1.29, 1.82) is 0 Å². The molecule has 0 aliphatic heterocycles. The molecule has 0 fully saturated rings. The number of fused-ring (bicyclic) bond motifs is 3. The van der Waals surface area contributed by atoms with Gasteiger partial charge >= 0.3 is 12.1 Å². The van der Waals surface area contributed by atoms with Gasteiger partial charge < -0.3 is 34.9 Å². The number of carbonyl (C=O) groups is 4. The van der Waals surface area contributed by atoms with Crippen LogP contribution in [0.2, 0.25) is 10.0 Å². The standard InChI is InChI=1S/C36H42Cl2N6O7/c1-6-19(3)27(41-35(48)50-18-21-11-9-8-10-12-21)31(45)43-36(14-13-26-24(17-36)23-15-22(37)16-25(38)29(23)39-26)34(47)40-28(20(4)7-2)32-42-30(44-51-32)33(46)49-5/h8-12,15-16,19-20,27-28,39H,6-7,13-14,17-18H2,1-5H3,(H,40,47)(H,41,48)(H,43,45)/t19?,20-,27?,28?,36+/m0/s1. The van der Waals surface area contributed by atoms with E-state index in [0.717, 1.165) is 22.2 Å². The number of hydrogen-bond acceptors (Lipinski definition) is 9. The Bertz CT molecular complexity index is 1900. The Morgan fingerprint density at radius 3 is 2.45 bits per heavy atom. The van der Waals surface area contributed by atoms with E-state index in [-0.39, 0.29) is 43.0 Å². The minimum absolute atomic E-state index is 0.0158. The van der Waals surface area contributed by atoms with Crippen LogP contribution in [0.25, 0.3) is 10.9 Å². The molecule has 272 valence electrons. The molecule has 2 aromatic heterocycles. The number of methoxy groups -OCH3 is 1. The normalized spacial score (nSPS) is 17.8. The summed E-state index contributed by atoms with van der Waals surface area (Å²) in [7, 11) is 1.20. The van der Waals surface area contributed by atoms with Gasteiger partial charge in [-0.1, -0.05) is 94.1 Å². The SMILES string of the molecule is CCC(C)C(NC(=O)OCc1ccccc1)C(=O)N[C@]1(C(=O)NC(c2nc(C(=O)OC)no2)[C@@H](C)CC)CCc2[nH]c3c(Cl)cc(Cl)cc3c2C1. The molecule has 4 aromatic rings. The molecule has 5 atom stereocenters. The lowest BCUT2D eigenvalue weighted by Gasteiger charge is -2.39. The van der Waals surface area contributed by atoms with E-state index in [1.165, 1.54) is 7.11 Å². The van der Waals surface area contributed by atoms with E-state index in [0.29, 0.717) is 34.8 Å². The molecule has 0 radical (unpaired) electrons. The molecule has 1 aliphatic carbocycles. The number of halogens is 2. The van der Waals surface area contributed by atoms with E-state index in [2.05, 4.69) is 31.1 Å². The van der Waals surface area contributed by atoms with Crippen molar-refractivity contribution in [2.24, 2.45) is 11.8 Å². The van der Waals surface area contributed by atoms with Crippen molar-refractivity contribution in [2.75, 3.05) is 7.11 Å². The van der Waals surface area contributed by atoms with Crippen molar-refractivity contribution in [1.82, 2.24) is 31.1 Å². The van der Waals surface area contributed by atoms with Crippen LogP contribution in [0.3, 0.4) is 0 Å². The first-order valence-electron chi connectivity index (χ1n) is 16.9. The van der Waals surface area contributed by atoms with E-state index in [9.17, 15) is 19.2 Å². The van der Waals surface area contributed by atoms with Crippen molar-refractivity contribution in [3.8, 4) is 0 Å². The molecule has 51 heavy (non-hydrogen) atoms. The Hall–Kier alpha value is -4.62. The van der Waals surface area contributed by atoms with Gasteiger partial charge in [0.15, 0.2) is 0 Å². The molecule has 1 aliphatic rings. The van der Waals surface area contributed by atoms with Crippen LogP contribution in [0, 0.1) is 11.8 Å². The highest BCUT2D eigenvalue weighted by atomic mass is 35.5. The molecule has 0 bridgehead atoms. The van der Waals surface area contributed by atoms with E-state index in [1.54, 1.807) is 12.1 Å². The van der Waals surface area contributed by atoms with E-state index in [4.69, 9.17) is 37.2 Å². The number of carbonyl (C=O) groups excluding carboxylic acids is 4. The number of amides is 3. The molecule has 2 heterocycles. The van der Waals surface area contributed by atoms with Gasteiger partial charge in [0.25, 0.3) is 5.82 Å². The van der Waals surface area contributed by atoms with E-state index in [1.807, 2.05) is 58.0 Å². The van der Waals surface area contributed by atoms with Gasteiger partial charge in [-0.3, -0.25) is 9.59 Å². The Labute approximate surface area is 305 Å². The number of nitrogens with one attached hydrogen (secondary N) is 4. The monoisotopic (exact) mass is 740 g/mol. The summed E-state index contributed by atoms with van der Waals surface area (Å²) >= 11 is 13.0. The summed E-state index contributed by atoms with van der Waals surface area (Å²) in [4.78, 5) is 61.7. The highest BCUT2D eigenvalue weighted by Crippen LogP contribution is 2.39. The van der Waals surface area contributed by atoms with Gasteiger partial charge in [0.05, 0.1) is 17.6 Å². The summed E-state index contributed by atoms with van der Waals surface area (Å²) < 4.78 is 15.6. The summed E-state index contributed by atoms with van der Waals surface area (Å²) in [5.74, 6) is -2.65. The first-order valence-corrected chi connectivity index (χ1v) is 17.7. The Morgan fingerprint density at radius 2 is 1.76 bits per heavy atom. The highest BCUT2D eigenvalue weighted by molar-refractivity contribution is 6.38. The van der Waals surface area contributed by atoms with Crippen LogP contribution in [-0.4, -0.2) is 57.7 Å². The summed E-state index contributed by atoms with van der Waals surface area (Å²) in [6.45, 7) is 7.59. The van der Waals surface area contributed by atoms with Crippen molar-refractivity contribution < 1.29 is 33.2 Å². The van der Waals surface area contributed by atoms with Gasteiger partial charge in [-0.25, -0.2) is 9.59 Å². The van der Waals surface area contributed by atoms with E-state index >= 15 is 0 Å². The Morgan fingerprint density at radius 1 is 1.04 bits per heavy atom. The second-order valence-electron chi connectivity index (χ2n) is 13.0. The third kappa shape index (κ3) is 8.31. The second kappa shape index (κ2) is 16.2. The summed E-state index contributed by atoms with van der Waals surface area (Å²) in [5, 5.41) is 14.1. The Kier molecular flexibility index (Phi) is 11.9. The van der Waals surface area contributed by atoms with Crippen LogP contribution >= 0.6 is 23.2 Å². The van der Waals surface area contributed by atoms with Crippen LogP contribution < -0.4 is 16.0 Å². The molecule has 3 amide bonds. The van der Waals surface area contributed by atoms with Crippen LogP contribution in [-0.2, 0) is 38.5 Å². The number of benzene rings is 2. The minimum atomic E-state index is -1.51. The molecule has 15 heteroatoms. The lowest BCUT2D eigenvalue weighted by molar-refractivity contribution is -0.136. The Balaban J connectivity index is 1.49. The van der Waals surface area contributed by atoms with Gasteiger partial charge in [0, 0.05) is 22.5 Å². The molecule has 0 saturated heterocycles. The fourth-order valence-corrected chi connectivity index (χ4v) is 6.77. The fourth-order valence-electron chi connectivity index (χ4n) is 6.23. The van der Waals surface area contributed by atoms with Crippen molar-refractivity contribution in [3.05, 3.63) is 81.0 Å². The van der Waals surface area contributed by atoms with Crippen molar-refractivity contribution >= 4 is 58.0 Å². The average Bonchev–Trinajstić information content (AvgIpc) is 3.76. The smallest absolute Gasteiger partial charge is 0.408 e.